The van der Waals surface area contributed by atoms with Crippen LogP contribution < -0.4 is 19.8 Å². The quantitative estimate of drug-likeness (QED) is 0.288. The molecule has 194 valence electrons. The van der Waals surface area contributed by atoms with Gasteiger partial charge in [-0.3, -0.25) is 9.40 Å². The lowest BCUT2D eigenvalue weighted by atomic mass is 10.2. The monoisotopic (exact) mass is 524 g/mol. The minimum atomic E-state index is -2.98. The summed E-state index contributed by atoms with van der Waals surface area (Å²) in [4.78, 5) is 13.4. The third-order valence-electron chi connectivity index (χ3n) is 6.38. The third kappa shape index (κ3) is 5.27. The molecule has 0 saturated carbocycles. The minimum Gasteiger partial charge on any atom is -0.367 e. The zero-order valence-corrected chi connectivity index (χ0v) is 21.6. The van der Waals surface area contributed by atoms with E-state index in [1.807, 2.05) is 23.1 Å². The van der Waals surface area contributed by atoms with Gasteiger partial charge in [-0.25, -0.2) is 13.4 Å². The molecule has 1 atom stereocenters. The first kappa shape index (κ1) is 24.7. The second-order valence-corrected chi connectivity index (χ2v) is 11.2. The lowest BCUT2D eigenvalue weighted by Crippen LogP contribution is -2.44. The van der Waals surface area contributed by atoms with E-state index in [2.05, 4.69) is 42.7 Å². The molecular formula is C24H29FN10OS. The van der Waals surface area contributed by atoms with Crippen molar-refractivity contribution in [3.05, 3.63) is 54.5 Å². The first-order valence-electron chi connectivity index (χ1n) is 11.7. The summed E-state index contributed by atoms with van der Waals surface area (Å²) in [6.07, 6.45) is 2.96. The zero-order chi connectivity index (χ0) is 26.2. The predicted molar refractivity (Wildman–Crippen MR) is 146 cm³/mol. The number of rotatable bonds is 7. The number of aromatic nitrogens is 4. The SMILES string of the molecule is CN1CCN(c2ccc(Nc3nc(Nc4ccccc4N(C)S(C)(=N)=O)c4cn[nH]c4n3)cc2F)CC1. The van der Waals surface area contributed by atoms with Crippen molar-refractivity contribution in [2.45, 2.75) is 0 Å². The van der Waals surface area contributed by atoms with Crippen LogP contribution in [0.3, 0.4) is 0 Å². The number of nitrogens with one attached hydrogen (secondary N) is 4. The predicted octanol–water partition coefficient (Wildman–Crippen LogP) is 3.76. The van der Waals surface area contributed by atoms with Crippen molar-refractivity contribution < 1.29 is 8.60 Å². The highest BCUT2D eigenvalue weighted by Gasteiger charge is 2.19. The van der Waals surface area contributed by atoms with Gasteiger partial charge in [-0.1, -0.05) is 12.1 Å². The van der Waals surface area contributed by atoms with E-state index in [9.17, 15) is 4.21 Å². The molecule has 1 saturated heterocycles. The Kier molecular flexibility index (Phi) is 6.56. The highest BCUT2D eigenvalue weighted by Crippen LogP contribution is 2.32. The molecule has 1 unspecified atom stereocenters. The van der Waals surface area contributed by atoms with Crippen LogP contribution >= 0.6 is 0 Å². The topological polar surface area (TPSA) is 129 Å². The van der Waals surface area contributed by atoms with E-state index in [-0.39, 0.29) is 11.8 Å². The maximum atomic E-state index is 15.0. The van der Waals surface area contributed by atoms with Crippen LogP contribution in [0.15, 0.2) is 48.7 Å². The second kappa shape index (κ2) is 9.82. The number of nitrogens with zero attached hydrogens (tertiary/aromatic N) is 6. The Balaban J connectivity index is 1.43. The molecule has 0 radical (unpaired) electrons. The largest absolute Gasteiger partial charge is 0.367 e. The molecule has 4 aromatic rings. The van der Waals surface area contributed by atoms with Crippen LogP contribution in [-0.2, 0) is 9.92 Å². The standard InChI is InChI=1S/C24H29FN10OS/c1-33-10-12-35(13-11-33)20-9-8-16(14-18(20)25)28-24-30-22(17-15-27-32-23(17)31-24)29-19-6-4-5-7-21(19)34(2)37(3,26)36/h4-9,14-15,26H,10-13H2,1-3H3,(H3,27,28,29,30,31,32). The van der Waals surface area contributed by atoms with Crippen LogP contribution in [0.1, 0.15) is 0 Å². The van der Waals surface area contributed by atoms with Crippen molar-refractivity contribution in [2.24, 2.45) is 0 Å². The molecule has 0 aliphatic carbocycles. The molecule has 37 heavy (non-hydrogen) atoms. The van der Waals surface area contributed by atoms with Crippen molar-refractivity contribution in [3.8, 4) is 0 Å². The van der Waals surface area contributed by atoms with Gasteiger partial charge in [-0.15, -0.1) is 0 Å². The van der Waals surface area contributed by atoms with E-state index in [0.717, 1.165) is 26.2 Å². The maximum absolute atomic E-state index is 15.0. The number of hydrogen-bond donors (Lipinski definition) is 4. The van der Waals surface area contributed by atoms with E-state index in [4.69, 9.17) is 4.78 Å². The smallest absolute Gasteiger partial charge is 0.231 e. The summed E-state index contributed by atoms with van der Waals surface area (Å²) in [7, 11) is 0.690. The van der Waals surface area contributed by atoms with Crippen LogP contribution in [0.25, 0.3) is 11.0 Å². The Morgan fingerprint density at radius 1 is 1.11 bits per heavy atom. The lowest BCUT2D eigenvalue weighted by Gasteiger charge is -2.34. The van der Waals surface area contributed by atoms with E-state index in [1.54, 1.807) is 31.4 Å². The first-order chi connectivity index (χ1) is 17.7. The number of anilines is 6. The fourth-order valence-electron chi connectivity index (χ4n) is 4.17. The average Bonchev–Trinajstić information content (AvgIpc) is 3.33. The molecule has 4 N–H and O–H groups in total. The van der Waals surface area contributed by atoms with Gasteiger partial charge in [0.25, 0.3) is 0 Å². The summed E-state index contributed by atoms with van der Waals surface area (Å²) >= 11 is 0. The van der Waals surface area contributed by atoms with E-state index in [1.165, 1.54) is 16.6 Å². The second-order valence-electron chi connectivity index (χ2n) is 9.05. The number of piperazine rings is 1. The van der Waals surface area contributed by atoms with Crippen molar-refractivity contribution in [2.75, 3.05) is 66.4 Å². The fourth-order valence-corrected chi connectivity index (χ4v) is 4.71. The molecule has 11 nitrogen and oxygen atoms in total. The Morgan fingerprint density at radius 3 is 2.59 bits per heavy atom. The fraction of sp³-hybridized carbons (Fsp3) is 0.292. The number of aromatic amines is 1. The summed E-state index contributed by atoms with van der Waals surface area (Å²) in [6, 6.07) is 12.2. The average molecular weight is 525 g/mol. The van der Waals surface area contributed by atoms with E-state index in [0.29, 0.717) is 39.6 Å². The Bertz CT molecular complexity index is 1530. The Labute approximate surface area is 214 Å². The highest BCUT2D eigenvalue weighted by molar-refractivity contribution is 7.93. The number of benzene rings is 2. The molecule has 13 heteroatoms. The summed E-state index contributed by atoms with van der Waals surface area (Å²) in [5.74, 6) is 0.381. The van der Waals surface area contributed by atoms with Gasteiger partial charge in [0.15, 0.2) is 5.65 Å². The van der Waals surface area contributed by atoms with Crippen LogP contribution in [0.5, 0.6) is 0 Å². The molecule has 2 aromatic carbocycles. The first-order valence-corrected chi connectivity index (χ1v) is 13.7. The summed E-state index contributed by atoms with van der Waals surface area (Å²) in [5.41, 5.74) is 2.77. The molecule has 5 rings (SSSR count). The number of para-hydroxylation sites is 2. The Hall–Kier alpha value is -3.97. The molecular weight excluding hydrogens is 495 g/mol. The van der Waals surface area contributed by atoms with Gasteiger partial charge in [0.2, 0.25) is 5.95 Å². The van der Waals surface area contributed by atoms with Gasteiger partial charge < -0.3 is 20.4 Å². The minimum absolute atomic E-state index is 0.247. The van der Waals surface area contributed by atoms with Crippen LogP contribution in [-0.4, -0.2) is 75.8 Å². The number of hydrogen-bond acceptors (Lipinski definition) is 9. The molecule has 2 aromatic heterocycles. The normalized spacial score (nSPS) is 15.9. The molecule has 0 amide bonds. The van der Waals surface area contributed by atoms with Crippen molar-refractivity contribution >= 4 is 55.5 Å². The summed E-state index contributed by atoms with van der Waals surface area (Å²) in [5, 5.41) is 13.9. The highest BCUT2D eigenvalue weighted by atomic mass is 32.2. The van der Waals surface area contributed by atoms with Crippen molar-refractivity contribution in [3.63, 3.8) is 0 Å². The third-order valence-corrected chi connectivity index (χ3v) is 7.62. The van der Waals surface area contributed by atoms with Gasteiger partial charge in [-0.05, 0) is 37.4 Å². The number of halogens is 1. The Morgan fingerprint density at radius 2 is 1.86 bits per heavy atom. The van der Waals surface area contributed by atoms with Crippen molar-refractivity contribution in [1.29, 1.82) is 4.78 Å². The summed E-state index contributed by atoms with van der Waals surface area (Å²) < 4.78 is 36.8. The van der Waals surface area contributed by atoms with E-state index >= 15 is 4.39 Å². The van der Waals surface area contributed by atoms with Gasteiger partial charge >= 0.3 is 0 Å². The lowest BCUT2D eigenvalue weighted by molar-refractivity contribution is 0.311. The van der Waals surface area contributed by atoms with Gasteiger partial charge in [0.1, 0.15) is 21.6 Å². The molecule has 3 heterocycles. The number of likely N-dealkylation sites (N-methyl/N-ethyl adjacent to an activating group) is 1. The molecule has 1 fully saturated rings. The maximum Gasteiger partial charge on any atom is 0.231 e. The molecule has 0 bridgehead atoms. The zero-order valence-electron chi connectivity index (χ0n) is 20.8. The summed E-state index contributed by atoms with van der Waals surface area (Å²) in [6.45, 7) is 3.34. The van der Waals surface area contributed by atoms with Crippen LogP contribution in [0, 0.1) is 10.6 Å². The number of H-pyrrole nitrogens is 1. The van der Waals surface area contributed by atoms with Gasteiger partial charge in [-0.2, -0.15) is 15.1 Å². The van der Waals surface area contributed by atoms with Gasteiger partial charge in [0.05, 0.1) is 28.6 Å². The molecule has 1 aliphatic rings. The van der Waals surface area contributed by atoms with Crippen LogP contribution in [0.4, 0.5) is 38.9 Å². The molecule has 1 aliphatic heterocycles. The van der Waals surface area contributed by atoms with Gasteiger partial charge in [0, 0.05) is 45.2 Å². The van der Waals surface area contributed by atoms with E-state index < -0.39 is 9.92 Å². The van der Waals surface area contributed by atoms with Crippen molar-refractivity contribution in [1.82, 2.24) is 25.1 Å². The number of fused-ring (bicyclic) bond motifs is 1. The van der Waals surface area contributed by atoms with Crippen LogP contribution in [0.2, 0.25) is 0 Å². The molecule has 0 spiro atoms.